The van der Waals surface area contributed by atoms with Crippen LogP contribution in [-0.2, 0) is 9.84 Å². The third-order valence-corrected chi connectivity index (χ3v) is 4.27. The summed E-state index contributed by atoms with van der Waals surface area (Å²) < 4.78 is 23.1. The molecule has 1 N–H and O–H groups in total. The number of hydrogen-bond acceptors (Lipinski definition) is 4. The van der Waals surface area contributed by atoms with Crippen molar-refractivity contribution >= 4 is 43.2 Å². The van der Waals surface area contributed by atoms with Crippen LogP contribution in [-0.4, -0.2) is 25.2 Å². The highest BCUT2D eigenvalue weighted by atomic mass is 79.9. The van der Waals surface area contributed by atoms with Crippen molar-refractivity contribution in [3.05, 3.63) is 33.2 Å². The molecule has 0 aromatic carbocycles. The summed E-state index contributed by atoms with van der Waals surface area (Å²) in [5.41, 5.74) is 0. The summed E-state index contributed by atoms with van der Waals surface area (Å²) in [5.74, 6) is 0.639. The maximum Gasteiger partial charge on any atom is 0.173 e. The molecule has 16 heavy (non-hydrogen) atoms. The maximum atomic E-state index is 11.2. The molecular formula is C9H8BrClN2O2S. The van der Waals surface area contributed by atoms with Crippen molar-refractivity contribution in [1.29, 1.82) is 0 Å². The molecule has 1 atom stereocenters. The molecule has 0 fully saturated rings. The molecule has 86 valence electrons. The van der Waals surface area contributed by atoms with E-state index < -0.39 is 9.84 Å². The lowest BCUT2D eigenvalue weighted by atomic mass is 10.3. The first-order valence-corrected chi connectivity index (χ1v) is 7.33. The molecule has 0 saturated carbocycles. The Balaban J connectivity index is 2.14. The van der Waals surface area contributed by atoms with Crippen molar-refractivity contribution in [2.75, 3.05) is 11.1 Å². The van der Waals surface area contributed by atoms with E-state index in [1.807, 2.05) is 0 Å². The minimum atomic E-state index is -3.05. The van der Waals surface area contributed by atoms with Crippen molar-refractivity contribution in [1.82, 2.24) is 4.98 Å². The van der Waals surface area contributed by atoms with Crippen LogP contribution in [0.5, 0.6) is 0 Å². The smallest absolute Gasteiger partial charge is 0.173 e. The molecule has 4 nitrogen and oxygen atoms in total. The number of pyridine rings is 1. The number of anilines is 1. The number of halogens is 2. The van der Waals surface area contributed by atoms with Crippen molar-refractivity contribution in [3.63, 3.8) is 0 Å². The SMILES string of the molecule is O=S1(=O)C=CC(Nc2ncc(Cl)cc2Br)C1. The summed E-state index contributed by atoms with van der Waals surface area (Å²) in [6.45, 7) is 0. The van der Waals surface area contributed by atoms with Crippen LogP contribution in [0.3, 0.4) is 0 Å². The molecule has 0 bridgehead atoms. The molecule has 1 aromatic heterocycles. The van der Waals surface area contributed by atoms with Gasteiger partial charge in [-0.15, -0.1) is 0 Å². The average Bonchev–Trinajstić information content (AvgIpc) is 2.51. The highest BCUT2D eigenvalue weighted by Crippen LogP contribution is 2.24. The van der Waals surface area contributed by atoms with E-state index in [0.29, 0.717) is 15.3 Å². The van der Waals surface area contributed by atoms with E-state index in [-0.39, 0.29) is 11.8 Å². The van der Waals surface area contributed by atoms with Crippen LogP contribution >= 0.6 is 27.5 Å². The van der Waals surface area contributed by atoms with Gasteiger partial charge in [-0.25, -0.2) is 13.4 Å². The third-order valence-electron chi connectivity index (χ3n) is 2.06. The summed E-state index contributed by atoms with van der Waals surface area (Å²) in [6, 6.07) is 1.46. The number of sulfone groups is 1. The maximum absolute atomic E-state index is 11.2. The summed E-state index contributed by atoms with van der Waals surface area (Å²) in [5, 5.41) is 4.75. The quantitative estimate of drug-likeness (QED) is 0.906. The third kappa shape index (κ3) is 2.75. The summed E-state index contributed by atoms with van der Waals surface area (Å²) in [4.78, 5) is 4.07. The minimum absolute atomic E-state index is 0.0593. The van der Waals surface area contributed by atoms with Crippen LogP contribution in [0.2, 0.25) is 5.02 Å². The van der Waals surface area contributed by atoms with Gasteiger partial charge in [0.05, 0.1) is 21.3 Å². The molecule has 0 amide bonds. The molecular weight excluding hydrogens is 316 g/mol. The van der Waals surface area contributed by atoms with Crippen LogP contribution in [0.25, 0.3) is 0 Å². The van der Waals surface area contributed by atoms with E-state index >= 15 is 0 Å². The van der Waals surface area contributed by atoms with E-state index in [1.54, 1.807) is 12.1 Å². The first-order valence-electron chi connectivity index (χ1n) is 4.45. The number of rotatable bonds is 2. The molecule has 2 rings (SSSR count). The Morgan fingerprint density at radius 1 is 1.56 bits per heavy atom. The number of hydrogen-bond donors (Lipinski definition) is 1. The molecule has 0 saturated heterocycles. The largest absolute Gasteiger partial charge is 0.362 e. The number of aromatic nitrogens is 1. The Kier molecular flexibility index (Phi) is 3.23. The fourth-order valence-corrected chi connectivity index (χ4v) is 3.35. The second-order valence-electron chi connectivity index (χ2n) is 3.39. The Morgan fingerprint density at radius 3 is 2.88 bits per heavy atom. The molecule has 1 aromatic rings. The Morgan fingerprint density at radius 2 is 2.31 bits per heavy atom. The van der Waals surface area contributed by atoms with Crippen LogP contribution in [0, 0.1) is 0 Å². The van der Waals surface area contributed by atoms with E-state index in [1.165, 1.54) is 11.6 Å². The van der Waals surface area contributed by atoms with E-state index in [4.69, 9.17) is 11.6 Å². The number of nitrogens with zero attached hydrogens (tertiary/aromatic N) is 1. The van der Waals surface area contributed by atoms with Gasteiger partial charge in [0.15, 0.2) is 9.84 Å². The molecule has 0 radical (unpaired) electrons. The van der Waals surface area contributed by atoms with Gasteiger partial charge in [-0.05, 0) is 28.1 Å². The Bertz CT molecular complexity index is 544. The summed E-state index contributed by atoms with van der Waals surface area (Å²) >= 11 is 9.05. The lowest BCUT2D eigenvalue weighted by Crippen LogP contribution is -2.21. The van der Waals surface area contributed by atoms with Crippen LogP contribution in [0.4, 0.5) is 5.82 Å². The van der Waals surface area contributed by atoms with Gasteiger partial charge in [0.25, 0.3) is 0 Å². The highest BCUT2D eigenvalue weighted by molar-refractivity contribution is 9.10. The predicted octanol–water partition coefficient (Wildman–Crippen LogP) is 2.22. The second kappa shape index (κ2) is 4.35. The van der Waals surface area contributed by atoms with Gasteiger partial charge >= 0.3 is 0 Å². The van der Waals surface area contributed by atoms with Crippen molar-refractivity contribution in [2.45, 2.75) is 6.04 Å². The second-order valence-corrected chi connectivity index (χ2v) is 6.61. The lowest BCUT2D eigenvalue weighted by Gasteiger charge is -2.11. The fourth-order valence-electron chi connectivity index (χ4n) is 1.36. The molecule has 1 unspecified atom stereocenters. The molecule has 7 heteroatoms. The normalized spacial score (nSPS) is 22.2. The lowest BCUT2D eigenvalue weighted by molar-refractivity contribution is 0.605. The van der Waals surface area contributed by atoms with E-state index in [2.05, 4.69) is 26.2 Å². The predicted molar refractivity (Wildman–Crippen MR) is 67.3 cm³/mol. The zero-order valence-corrected chi connectivity index (χ0v) is 11.2. The highest BCUT2D eigenvalue weighted by Gasteiger charge is 2.22. The topological polar surface area (TPSA) is 59.1 Å². The van der Waals surface area contributed by atoms with Crippen LogP contribution in [0.1, 0.15) is 0 Å². The van der Waals surface area contributed by atoms with Gasteiger partial charge < -0.3 is 5.32 Å². The average molecular weight is 324 g/mol. The van der Waals surface area contributed by atoms with Crippen molar-refractivity contribution in [2.24, 2.45) is 0 Å². The van der Waals surface area contributed by atoms with Crippen molar-refractivity contribution < 1.29 is 8.42 Å². The van der Waals surface area contributed by atoms with Gasteiger partial charge in [-0.2, -0.15) is 0 Å². The van der Waals surface area contributed by atoms with Crippen LogP contribution in [0.15, 0.2) is 28.2 Å². The van der Waals surface area contributed by atoms with Gasteiger partial charge in [-0.1, -0.05) is 11.6 Å². The standard InChI is InChI=1S/C9H8BrClN2O2S/c10-8-3-6(11)4-12-9(8)13-7-1-2-16(14,15)5-7/h1-4,7H,5H2,(H,12,13). The van der Waals surface area contributed by atoms with Crippen molar-refractivity contribution in [3.8, 4) is 0 Å². The van der Waals surface area contributed by atoms with Gasteiger partial charge in [0.2, 0.25) is 0 Å². The van der Waals surface area contributed by atoms with Crippen LogP contribution < -0.4 is 5.32 Å². The Labute approximate surface area is 107 Å². The van der Waals surface area contributed by atoms with Gasteiger partial charge in [-0.3, -0.25) is 0 Å². The fraction of sp³-hybridized carbons (Fsp3) is 0.222. The zero-order valence-electron chi connectivity index (χ0n) is 8.02. The first kappa shape index (κ1) is 11.9. The molecule has 1 aliphatic heterocycles. The molecule has 0 aliphatic carbocycles. The van der Waals surface area contributed by atoms with Gasteiger partial charge in [0.1, 0.15) is 5.82 Å². The zero-order chi connectivity index (χ0) is 11.8. The monoisotopic (exact) mass is 322 g/mol. The summed E-state index contributed by atoms with van der Waals surface area (Å²) in [6.07, 6.45) is 3.11. The number of nitrogens with one attached hydrogen (secondary N) is 1. The first-order chi connectivity index (χ1) is 7.46. The van der Waals surface area contributed by atoms with E-state index in [9.17, 15) is 8.42 Å². The van der Waals surface area contributed by atoms with E-state index in [0.717, 1.165) is 0 Å². The minimum Gasteiger partial charge on any atom is -0.362 e. The molecule has 1 aliphatic rings. The summed E-state index contributed by atoms with van der Waals surface area (Å²) in [7, 11) is -3.05. The Hall–Kier alpha value is -0.590. The van der Waals surface area contributed by atoms with Gasteiger partial charge in [0, 0.05) is 11.6 Å². The molecule has 0 spiro atoms. The molecule has 2 heterocycles.